The van der Waals surface area contributed by atoms with Crippen LogP contribution < -0.4 is 10.1 Å². The SMILES string of the molecule is CCCC(C)Nc1ccc(OCC)c(CO)c1. The summed E-state index contributed by atoms with van der Waals surface area (Å²) < 4.78 is 5.45. The Morgan fingerprint density at radius 2 is 2.12 bits per heavy atom. The van der Waals surface area contributed by atoms with Gasteiger partial charge in [-0.2, -0.15) is 0 Å². The molecular weight excluding hydrogens is 214 g/mol. The van der Waals surface area contributed by atoms with Gasteiger partial charge in [0.25, 0.3) is 0 Å². The lowest BCUT2D eigenvalue weighted by Crippen LogP contribution is -2.14. The van der Waals surface area contributed by atoms with Crippen LogP contribution in [0.5, 0.6) is 5.75 Å². The first-order valence-electron chi connectivity index (χ1n) is 6.34. The number of aliphatic hydroxyl groups is 1. The van der Waals surface area contributed by atoms with E-state index in [2.05, 4.69) is 19.2 Å². The Bertz CT molecular complexity index is 339. The van der Waals surface area contributed by atoms with E-state index in [1.54, 1.807) is 0 Å². The van der Waals surface area contributed by atoms with E-state index in [9.17, 15) is 5.11 Å². The molecule has 0 radical (unpaired) electrons. The number of hydrogen-bond acceptors (Lipinski definition) is 3. The van der Waals surface area contributed by atoms with Crippen LogP contribution in [0.3, 0.4) is 0 Å². The largest absolute Gasteiger partial charge is 0.494 e. The third-order valence-electron chi connectivity index (χ3n) is 2.67. The molecular formula is C14H23NO2. The summed E-state index contributed by atoms with van der Waals surface area (Å²) in [5.74, 6) is 0.767. The number of nitrogens with one attached hydrogen (secondary N) is 1. The second-order valence-corrected chi connectivity index (χ2v) is 4.25. The molecule has 1 atom stereocenters. The lowest BCUT2D eigenvalue weighted by atomic mass is 10.1. The molecule has 17 heavy (non-hydrogen) atoms. The second-order valence-electron chi connectivity index (χ2n) is 4.25. The number of hydrogen-bond donors (Lipinski definition) is 2. The van der Waals surface area contributed by atoms with Gasteiger partial charge < -0.3 is 15.2 Å². The molecule has 1 rings (SSSR count). The van der Waals surface area contributed by atoms with Crippen molar-refractivity contribution in [3.8, 4) is 5.75 Å². The molecule has 0 aliphatic rings. The number of rotatable bonds is 7. The van der Waals surface area contributed by atoms with E-state index in [1.807, 2.05) is 25.1 Å². The maximum absolute atomic E-state index is 9.30. The highest BCUT2D eigenvalue weighted by molar-refractivity contribution is 5.51. The van der Waals surface area contributed by atoms with Gasteiger partial charge >= 0.3 is 0 Å². The van der Waals surface area contributed by atoms with Crippen molar-refractivity contribution in [2.75, 3.05) is 11.9 Å². The molecule has 96 valence electrons. The summed E-state index contributed by atoms with van der Waals surface area (Å²) in [7, 11) is 0. The molecule has 0 heterocycles. The van der Waals surface area contributed by atoms with Crippen molar-refractivity contribution in [1.82, 2.24) is 0 Å². The van der Waals surface area contributed by atoms with E-state index in [0.717, 1.165) is 29.8 Å². The van der Waals surface area contributed by atoms with Crippen LogP contribution in [-0.2, 0) is 6.61 Å². The predicted octanol–water partition coefficient (Wildman–Crippen LogP) is 3.18. The fraction of sp³-hybridized carbons (Fsp3) is 0.571. The summed E-state index contributed by atoms with van der Waals surface area (Å²) in [5.41, 5.74) is 1.87. The van der Waals surface area contributed by atoms with Gasteiger partial charge in [-0.1, -0.05) is 13.3 Å². The van der Waals surface area contributed by atoms with Crippen LogP contribution in [0.15, 0.2) is 18.2 Å². The maximum Gasteiger partial charge on any atom is 0.124 e. The summed E-state index contributed by atoms with van der Waals surface area (Å²) in [5, 5.41) is 12.7. The quantitative estimate of drug-likeness (QED) is 0.765. The van der Waals surface area contributed by atoms with Crippen LogP contribution in [0.1, 0.15) is 39.2 Å². The molecule has 3 heteroatoms. The molecule has 0 aromatic heterocycles. The van der Waals surface area contributed by atoms with Gasteiger partial charge in [-0.15, -0.1) is 0 Å². The number of ether oxygens (including phenoxy) is 1. The third kappa shape index (κ3) is 4.27. The van der Waals surface area contributed by atoms with Crippen LogP contribution >= 0.6 is 0 Å². The molecule has 0 aliphatic heterocycles. The second kappa shape index (κ2) is 7.17. The van der Waals surface area contributed by atoms with Gasteiger partial charge in [0.2, 0.25) is 0 Å². The molecule has 0 saturated carbocycles. The zero-order valence-electron chi connectivity index (χ0n) is 11.0. The van der Waals surface area contributed by atoms with Gasteiger partial charge in [0.05, 0.1) is 13.2 Å². The number of aliphatic hydroxyl groups excluding tert-OH is 1. The average molecular weight is 237 g/mol. The first-order chi connectivity index (χ1) is 8.21. The van der Waals surface area contributed by atoms with Crippen LogP contribution in [0.4, 0.5) is 5.69 Å². The smallest absolute Gasteiger partial charge is 0.124 e. The summed E-state index contributed by atoms with van der Waals surface area (Å²) in [6.07, 6.45) is 2.31. The molecule has 1 aromatic carbocycles. The summed E-state index contributed by atoms with van der Waals surface area (Å²) in [6.45, 7) is 6.91. The standard InChI is InChI=1S/C14H23NO2/c1-4-6-11(3)15-13-7-8-14(17-5-2)12(9-13)10-16/h7-9,11,15-16H,4-6,10H2,1-3H3. The summed E-state index contributed by atoms with van der Waals surface area (Å²) in [4.78, 5) is 0. The Hall–Kier alpha value is -1.22. The molecule has 0 bridgehead atoms. The molecule has 0 aliphatic carbocycles. The normalized spacial score (nSPS) is 12.2. The summed E-state index contributed by atoms with van der Waals surface area (Å²) in [6, 6.07) is 6.31. The molecule has 1 unspecified atom stereocenters. The molecule has 0 spiro atoms. The van der Waals surface area contributed by atoms with E-state index in [-0.39, 0.29) is 6.61 Å². The van der Waals surface area contributed by atoms with Gasteiger partial charge in [-0.05, 0) is 38.5 Å². The van der Waals surface area contributed by atoms with Gasteiger partial charge in [0, 0.05) is 17.3 Å². The fourth-order valence-electron chi connectivity index (χ4n) is 1.88. The lowest BCUT2D eigenvalue weighted by Gasteiger charge is -2.16. The van der Waals surface area contributed by atoms with Crippen molar-refractivity contribution < 1.29 is 9.84 Å². The highest BCUT2D eigenvalue weighted by atomic mass is 16.5. The van der Waals surface area contributed by atoms with E-state index >= 15 is 0 Å². The Morgan fingerprint density at radius 1 is 1.35 bits per heavy atom. The Morgan fingerprint density at radius 3 is 2.71 bits per heavy atom. The molecule has 1 aromatic rings. The Balaban J connectivity index is 2.74. The topological polar surface area (TPSA) is 41.5 Å². The van der Waals surface area contributed by atoms with Gasteiger partial charge in [-0.3, -0.25) is 0 Å². The minimum Gasteiger partial charge on any atom is -0.494 e. The van der Waals surface area contributed by atoms with Crippen molar-refractivity contribution in [3.63, 3.8) is 0 Å². The van der Waals surface area contributed by atoms with Gasteiger partial charge in [0.1, 0.15) is 5.75 Å². The fourth-order valence-corrected chi connectivity index (χ4v) is 1.88. The third-order valence-corrected chi connectivity index (χ3v) is 2.67. The van der Waals surface area contributed by atoms with Crippen molar-refractivity contribution in [2.24, 2.45) is 0 Å². The Kier molecular flexibility index (Phi) is 5.84. The maximum atomic E-state index is 9.30. The minimum absolute atomic E-state index is 0.00696. The monoisotopic (exact) mass is 237 g/mol. The van der Waals surface area contributed by atoms with Crippen molar-refractivity contribution >= 4 is 5.69 Å². The zero-order chi connectivity index (χ0) is 12.7. The van der Waals surface area contributed by atoms with Crippen molar-refractivity contribution in [3.05, 3.63) is 23.8 Å². The lowest BCUT2D eigenvalue weighted by molar-refractivity contribution is 0.267. The molecule has 3 nitrogen and oxygen atoms in total. The highest BCUT2D eigenvalue weighted by Crippen LogP contribution is 2.23. The molecule has 0 amide bonds. The first-order valence-corrected chi connectivity index (χ1v) is 6.34. The summed E-state index contributed by atoms with van der Waals surface area (Å²) >= 11 is 0. The van der Waals surface area contributed by atoms with Crippen LogP contribution in [0.2, 0.25) is 0 Å². The highest BCUT2D eigenvalue weighted by Gasteiger charge is 2.06. The first kappa shape index (κ1) is 13.8. The van der Waals surface area contributed by atoms with E-state index in [1.165, 1.54) is 0 Å². The van der Waals surface area contributed by atoms with Gasteiger partial charge in [-0.25, -0.2) is 0 Å². The predicted molar refractivity (Wildman–Crippen MR) is 71.5 cm³/mol. The van der Waals surface area contributed by atoms with Crippen LogP contribution in [0.25, 0.3) is 0 Å². The van der Waals surface area contributed by atoms with Crippen LogP contribution in [0, 0.1) is 0 Å². The molecule has 0 saturated heterocycles. The van der Waals surface area contributed by atoms with E-state index < -0.39 is 0 Å². The molecule has 0 fully saturated rings. The van der Waals surface area contributed by atoms with Crippen molar-refractivity contribution in [1.29, 1.82) is 0 Å². The zero-order valence-corrected chi connectivity index (χ0v) is 11.0. The van der Waals surface area contributed by atoms with Crippen LogP contribution in [-0.4, -0.2) is 17.8 Å². The van der Waals surface area contributed by atoms with E-state index in [4.69, 9.17) is 4.74 Å². The minimum atomic E-state index is 0.00696. The molecule has 2 N–H and O–H groups in total. The number of anilines is 1. The number of benzene rings is 1. The van der Waals surface area contributed by atoms with Crippen molar-refractivity contribution in [2.45, 2.75) is 46.3 Å². The average Bonchev–Trinajstić information content (AvgIpc) is 2.31. The Labute approximate surface area is 104 Å². The van der Waals surface area contributed by atoms with E-state index in [0.29, 0.717) is 12.6 Å². The van der Waals surface area contributed by atoms with Gasteiger partial charge in [0.15, 0.2) is 0 Å².